The van der Waals surface area contributed by atoms with Crippen LogP contribution in [0.3, 0.4) is 0 Å². The minimum Gasteiger partial charge on any atom is -0.334 e. The van der Waals surface area contributed by atoms with Crippen LogP contribution in [0.15, 0.2) is 47.5 Å². The third-order valence-corrected chi connectivity index (χ3v) is 8.50. The van der Waals surface area contributed by atoms with E-state index in [-0.39, 0.29) is 16.8 Å². The van der Waals surface area contributed by atoms with E-state index in [9.17, 15) is 13.2 Å². The van der Waals surface area contributed by atoms with E-state index in [0.717, 1.165) is 36.4 Å². The van der Waals surface area contributed by atoms with E-state index in [4.69, 9.17) is 0 Å². The number of carbonyl (C=O) groups is 1. The fourth-order valence-corrected chi connectivity index (χ4v) is 6.11. The molecule has 8 nitrogen and oxygen atoms in total. The molecule has 3 aromatic rings. The number of hydrogen-bond acceptors (Lipinski definition) is 5. The number of sulfonamides is 1. The first kappa shape index (κ1) is 23.4. The molecule has 1 amide bonds. The number of likely N-dealkylation sites (tertiary alicyclic amines) is 1. The number of aryl methyl sites for hydroxylation is 2. The zero-order valence-electron chi connectivity index (χ0n) is 19.4. The Kier molecular flexibility index (Phi) is 6.81. The Labute approximate surface area is 195 Å². The number of amides is 1. The number of benzene rings is 1. The molecule has 1 fully saturated rings. The average Bonchev–Trinajstić information content (AvgIpc) is 3.43. The van der Waals surface area contributed by atoms with Gasteiger partial charge in [-0.3, -0.25) is 9.78 Å². The molecule has 0 bridgehead atoms. The van der Waals surface area contributed by atoms with Crippen LogP contribution in [0.2, 0.25) is 0 Å². The molecule has 1 aliphatic rings. The van der Waals surface area contributed by atoms with E-state index >= 15 is 0 Å². The van der Waals surface area contributed by atoms with Crippen molar-refractivity contribution < 1.29 is 13.2 Å². The van der Waals surface area contributed by atoms with Gasteiger partial charge in [0.05, 0.1) is 27.7 Å². The van der Waals surface area contributed by atoms with Crippen LogP contribution in [0, 0.1) is 0 Å². The van der Waals surface area contributed by atoms with Gasteiger partial charge in [-0.2, -0.15) is 4.31 Å². The van der Waals surface area contributed by atoms with Crippen molar-refractivity contribution in [1.82, 2.24) is 23.7 Å². The Morgan fingerprint density at radius 3 is 2.67 bits per heavy atom. The summed E-state index contributed by atoms with van der Waals surface area (Å²) in [4.78, 5) is 24.3. The lowest BCUT2D eigenvalue weighted by molar-refractivity contribution is -0.132. The summed E-state index contributed by atoms with van der Waals surface area (Å²) >= 11 is 0. The molecule has 1 unspecified atom stereocenters. The molecule has 2 aromatic heterocycles. The van der Waals surface area contributed by atoms with Crippen molar-refractivity contribution in [3.8, 4) is 0 Å². The van der Waals surface area contributed by atoms with Crippen LogP contribution in [0.25, 0.3) is 11.0 Å². The van der Waals surface area contributed by atoms with Gasteiger partial charge in [-0.15, -0.1) is 0 Å². The van der Waals surface area contributed by atoms with Crippen molar-refractivity contribution in [1.29, 1.82) is 0 Å². The monoisotopic (exact) mass is 469 g/mol. The van der Waals surface area contributed by atoms with E-state index in [1.54, 1.807) is 24.4 Å². The number of rotatable bonds is 8. The molecule has 33 heavy (non-hydrogen) atoms. The molecule has 176 valence electrons. The number of imidazole rings is 1. The molecule has 4 rings (SSSR count). The van der Waals surface area contributed by atoms with Gasteiger partial charge in [0.15, 0.2) is 0 Å². The highest BCUT2D eigenvalue weighted by Crippen LogP contribution is 2.31. The third kappa shape index (κ3) is 4.52. The van der Waals surface area contributed by atoms with E-state index in [0.29, 0.717) is 31.4 Å². The van der Waals surface area contributed by atoms with Gasteiger partial charge in [0.2, 0.25) is 15.9 Å². The molecule has 1 aliphatic heterocycles. The maximum atomic E-state index is 13.0. The van der Waals surface area contributed by atoms with Crippen molar-refractivity contribution in [2.45, 2.75) is 50.5 Å². The van der Waals surface area contributed by atoms with Crippen molar-refractivity contribution in [3.05, 3.63) is 54.1 Å². The van der Waals surface area contributed by atoms with Crippen LogP contribution in [0.5, 0.6) is 0 Å². The van der Waals surface area contributed by atoms with Crippen LogP contribution >= 0.6 is 0 Å². The van der Waals surface area contributed by atoms with Gasteiger partial charge in [-0.1, -0.05) is 19.9 Å². The van der Waals surface area contributed by atoms with Crippen LogP contribution in [-0.2, 0) is 28.3 Å². The predicted molar refractivity (Wildman–Crippen MR) is 127 cm³/mol. The number of nitrogens with zero attached hydrogens (tertiary/aromatic N) is 5. The maximum absolute atomic E-state index is 13.0. The Hall–Kier alpha value is -2.78. The smallest absolute Gasteiger partial charge is 0.243 e. The lowest BCUT2D eigenvalue weighted by Crippen LogP contribution is -2.31. The second-order valence-corrected chi connectivity index (χ2v) is 10.3. The van der Waals surface area contributed by atoms with E-state index in [1.165, 1.54) is 4.31 Å². The Balaban J connectivity index is 1.51. The molecule has 0 aliphatic carbocycles. The van der Waals surface area contributed by atoms with E-state index < -0.39 is 10.0 Å². The second kappa shape index (κ2) is 9.61. The first-order chi connectivity index (χ1) is 15.9. The highest BCUT2D eigenvalue weighted by molar-refractivity contribution is 7.89. The SMILES string of the molecule is CCN(CC)S(=O)(=O)c1ccc2c(c1)nc(CCC(=O)N1CCCC1c1ccccn1)n2C. The van der Waals surface area contributed by atoms with Crippen LogP contribution < -0.4 is 0 Å². The average molecular weight is 470 g/mol. The van der Waals surface area contributed by atoms with Crippen LogP contribution in [-0.4, -0.2) is 57.7 Å². The van der Waals surface area contributed by atoms with Gasteiger partial charge in [-0.25, -0.2) is 13.4 Å². The summed E-state index contributed by atoms with van der Waals surface area (Å²) in [7, 11) is -1.65. The molecule has 9 heteroatoms. The molecular formula is C24H31N5O3S. The van der Waals surface area contributed by atoms with Gasteiger partial charge in [0.25, 0.3) is 0 Å². The van der Waals surface area contributed by atoms with Gasteiger partial charge < -0.3 is 9.47 Å². The lowest BCUT2D eigenvalue weighted by atomic mass is 10.1. The van der Waals surface area contributed by atoms with Gasteiger partial charge in [0.1, 0.15) is 5.82 Å². The number of pyridine rings is 1. The third-order valence-electron chi connectivity index (χ3n) is 6.45. The molecule has 1 atom stereocenters. The van der Waals surface area contributed by atoms with Crippen molar-refractivity contribution in [2.24, 2.45) is 7.05 Å². The fraction of sp³-hybridized carbons (Fsp3) is 0.458. The molecular weight excluding hydrogens is 438 g/mol. The summed E-state index contributed by atoms with van der Waals surface area (Å²) in [6.07, 6.45) is 4.52. The highest BCUT2D eigenvalue weighted by Gasteiger charge is 2.30. The molecule has 0 N–H and O–H groups in total. The van der Waals surface area contributed by atoms with Crippen LogP contribution in [0.4, 0.5) is 0 Å². The summed E-state index contributed by atoms with van der Waals surface area (Å²) in [6, 6.07) is 10.9. The molecule has 3 heterocycles. The summed E-state index contributed by atoms with van der Waals surface area (Å²) < 4.78 is 29.1. The second-order valence-electron chi connectivity index (χ2n) is 8.33. The standard InChI is InChI=1S/C24H31N5O3S/c1-4-28(5-2)33(31,32)18-11-12-21-20(17-18)26-23(27(21)3)13-14-24(30)29-16-8-10-22(29)19-9-6-7-15-25-19/h6-7,9,11-12,15,17,22H,4-5,8,10,13-14,16H2,1-3H3. The van der Waals surface area contributed by atoms with Crippen molar-refractivity contribution in [2.75, 3.05) is 19.6 Å². The quantitative estimate of drug-likeness (QED) is 0.505. The molecule has 1 aromatic carbocycles. The lowest BCUT2D eigenvalue weighted by Gasteiger charge is -2.24. The fourth-order valence-electron chi connectivity index (χ4n) is 4.63. The number of hydrogen-bond donors (Lipinski definition) is 0. The normalized spacial score (nSPS) is 16.7. The Morgan fingerprint density at radius 2 is 1.97 bits per heavy atom. The van der Waals surface area contributed by atoms with Gasteiger partial charge in [0, 0.05) is 45.7 Å². The van der Waals surface area contributed by atoms with Crippen molar-refractivity contribution >= 4 is 27.0 Å². The van der Waals surface area contributed by atoms with Crippen LogP contribution in [0.1, 0.15) is 50.7 Å². The summed E-state index contributed by atoms with van der Waals surface area (Å²) in [5.74, 6) is 0.865. The summed E-state index contributed by atoms with van der Waals surface area (Å²) in [5, 5.41) is 0. The summed E-state index contributed by atoms with van der Waals surface area (Å²) in [5.41, 5.74) is 2.41. The number of aromatic nitrogens is 3. The summed E-state index contributed by atoms with van der Waals surface area (Å²) in [6.45, 7) is 5.24. The number of carbonyl (C=O) groups excluding carboxylic acids is 1. The topological polar surface area (TPSA) is 88.4 Å². The molecule has 1 saturated heterocycles. The van der Waals surface area contributed by atoms with Gasteiger partial charge in [-0.05, 0) is 43.2 Å². The van der Waals surface area contributed by atoms with E-state index in [2.05, 4.69) is 9.97 Å². The molecule has 0 spiro atoms. The maximum Gasteiger partial charge on any atom is 0.243 e. The van der Waals surface area contributed by atoms with Gasteiger partial charge >= 0.3 is 0 Å². The minimum atomic E-state index is -3.55. The number of fused-ring (bicyclic) bond motifs is 1. The van der Waals surface area contributed by atoms with E-state index in [1.807, 2.05) is 48.6 Å². The Bertz CT molecular complexity index is 1240. The zero-order valence-corrected chi connectivity index (χ0v) is 20.3. The zero-order chi connectivity index (χ0) is 23.6. The molecule has 0 saturated carbocycles. The minimum absolute atomic E-state index is 0.0342. The first-order valence-electron chi connectivity index (χ1n) is 11.5. The first-order valence-corrected chi connectivity index (χ1v) is 13.0. The highest BCUT2D eigenvalue weighted by atomic mass is 32.2. The van der Waals surface area contributed by atoms with Crippen molar-refractivity contribution in [3.63, 3.8) is 0 Å². The predicted octanol–water partition coefficient (Wildman–Crippen LogP) is 3.30. The molecule has 0 radical (unpaired) electrons. The Morgan fingerprint density at radius 1 is 1.18 bits per heavy atom. The largest absolute Gasteiger partial charge is 0.334 e.